The molecule has 1 aromatic heterocycles. The Labute approximate surface area is 139 Å². The lowest BCUT2D eigenvalue weighted by Gasteiger charge is -2.31. The quantitative estimate of drug-likeness (QED) is 0.562. The van der Waals surface area contributed by atoms with Gasteiger partial charge in [0.05, 0.1) is 6.54 Å². The maximum absolute atomic E-state index is 4.72. The molecule has 2 nitrogen and oxygen atoms in total. The van der Waals surface area contributed by atoms with Crippen LogP contribution in [0, 0.1) is 5.92 Å². The molecule has 1 aliphatic rings. The Hall–Kier alpha value is -1.96. The maximum atomic E-state index is 4.72. The molecule has 1 atom stereocenters. The van der Waals surface area contributed by atoms with E-state index in [-0.39, 0.29) is 10.8 Å². The van der Waals surface area contributed by atoms with Crippen molar-refractivity contribution in [3.8, 4) is 11.3 Å². The van der Waals surface area contributed by atoms with E-state index in [1.807, 2.05) is 6.33 Å². The van der Waals surface area contributed by atoms with E-state index in [0.717, 1.165) is 12.2 Å². The highest BCUT2D eigenvalue weighted by molar-refractivity contribution is 5.64. The van der Waals surface area contributed by atoms with Crippen molar-refractivity contribution < 1.29 is 4.57 Å². The number of fused-ring (bicyclic) bond motifs is 3. The van der Waals surface area contributed by atoms with E-state index in [2.05, 4.69) is 82.2 Å². The molecule has 0 radical (unpaired) electrons. The fourth-order valence-electron chi connectivity index (χ4n) is 3.51. The second-order valence-corrected chi connectivity index (χ2v) is 8.17. The SMILES string of the molecule is C=CC1C[n+]2cnc(C(C)(C)C)cc2-c2ccccc2C1(C)C. The van der Waals surface area contributed by atoms with Gasteiger partial charge in [-0.1, -0.05) is 69.9 Å². The first kappa shape index (κ1) is 15.9. The molecule has 1 unspecified atom stereocenters. The van der Waals surface area contributed by atoms with Gasteiger partial charge in [-0.05, 0) is 5.56 Å². The summed E-state index contributed by atoms with van der Waals surface area (Å²) in [7, 11) is 0. The minimum Gasteiger partial charge on any atom is -0.229 e. The molecular formula is C21H27N2+. The number of nitrogens with zero attached hydrogens (tertiary/aromatic N) is 2. The van der Waals surface area contributed by atoms with Crippen LogP contribution in [0.25, 0.3) is 11.3 Å². The zero-order chi connectivity index (χ0) is 16.8. The monoisotopic (exact) mass is 307 g/mol. The molecule has 2 aromatic rings. The van der Waals surface area contributed by atoms with E-state index in [4.69, 9.17) is 4.98 Å². The molecule has 1 aliphatic heterocycles. The van der Waals surface area contributed by atoms with Gasteiger partial charge in [0, 0.05) is 28.4 Å². The maximum Gasteiger partial charge on any atom is 0.286 e. The van der Waals surface area contributed by atoms with E-state index in [9.17, 15) is 0 Å². The number of rotatable bonds is 1. The van der Waals surface area contributed by atoms with Crippen molar-refractivity contribution in [2.75, 3.05) is 0 Å². The second kappa shape index (κ2) is 5.30. The van der Waals surface area contributed by atoms with Crippen LogP contribution in [0.1, 0.15) is 45.9 Å². The van der Waals surface area contributed by atoms with Gasteiger partial charge in [-0.3, -0.25) is 0 Å². The third-order valence-electron chi connectivity index (χ3n) is 5.19. The largest absolute Gasteiger partial charge is 0.286 e. The van der Waals surface area contributed by atoms with E-state index >= 15 is 0 Å². The van der Waals surface area contributed by atoms with Crippen LogP contribution < -0.4 is 4.57 Å². The Balaban J connectivity index is 2.31. The highest BCUT2D eigenvalue weighted by Gasteiger charge is 2.38. The molecule has 3 rings (SSSR count). The summed E-state index contributed by atoms with van der Waals surface area (Å²) < 4.78 is 2.29. The lowest BCUT2D eigenvalue weighted by molar-refractivity contribution is -0.694. The molecule has 0 saturated heterocycles. The highest BCUT2D eigenvalue weighted by Crippen LogP contribution is 2.40. The van der Waals surface area contributed by atoms with Gasteiger partial charge in [0.2, 0.25) is 0 Å². The normalized spacial score (nSPS) is 19.4. The molecule has 0 saturated carbocycles. The van der Waals surface area contributed by atoms with Crippen LogP contribution >= 0.6 is 0 Å². The summed E-state index contributed by atoms with van der Waals surface area (Å²) in [5, 5.41) is 0. The molecule has 0 spiro atoms. The number of hydrogen-bond acceptors (Lipinski definition) is 1. The van der Waals surface area contributed by atoms with Gasteiger partial charge in [-0.25, -0.2) is 4.57 Å². The molecule has 1 aromatic carbocycles. The molecule has 0 amide bonds. The van der Waals surface area contributed by atoms with Gasteiger partial charge >= 0.3 is 0 Å². The molecule has 120 valence electrons. The van der Waals surface area contributed by atoms with Gasteiger partial charge in [-0.2, -0.15) is 0 Å². The average molecular weight is 307 g/mol. The topological polar surface area (TPSA) is 16.8 Å². The lowest BCUT2D eigenvalue weighted by atomic mass is 9.72. The molecule has 0 aliphatic carbocycles. The fourth-order valence-corrected chi connectivity index (χ4v) is 3.51. The Morgan fingerprint density at radius 3 is 2.61 bits per heavy atom. The second-order valence-electron chi connectivity index (χ2n) is 8.17. The van der Waals surface area contributed by atoms with Crippen LogP contribution in [0.3, 0.4) is 0 Å². The summed E-state index contributed by atoms with van der Waals surface area (Å²) in [4.78, 5) is 4.72. The summed E-state index contributed by atoms with van der Waals surface area (Å²) >= 11 is 0. The van der Waals surface area contributed by atoms with Crippen LogP contribution in [-0.2, 0) is 17.4 Å². The van der Waals surface area contributed by atoms with Crippen molar-refractivity contribution in [1.82, 2.24) is 4.98 Å². The van der Waals surface area contributed by atoms with Crippen LogP contribution in [0.5, 0.6) is 0 Å². The minimum absolute atomic E-state index is 0.0458. The predicted molar refractivity (Wildman–Crippen MR) is 95.3 cm³/mol. The predicted octanol–water partition coefficient (Wildman–Crippen LogP) is 4.43. The smallest absolute Gasteiger partial charge is 0.229 e. The lowest BCUT2D eigenvalue weighted by Crippen LogP contribution is -2.42. The van der Waals surface area contributed by atoms with Crippen molar-refractivity contribution in [1.29, 1.82) is 0 Å². The number of aromatic nitrogens is 2. The fraction of sp³-hybridized carbons (Fsp3) is 0.429. The molecular weight excluding hydrogens is 280 g/mol. The van der Waals surface area contributed by atoms with Crippen LogP contribution in [-0.4, -0.2) is 4.98 Å². The van der Waals surface area contributed by atoms with Crippen molar-refractivity contribution in [2.45, 2.75) is 52.0 Å². The average Bonchev–Trinajstić information content (AvgIpc) is 2.60. The summed E-state index contributed by atoms with van der Waals surface area (Å²) in [6.45, 7) is 16.3. The van der Waals surface area contributed by atoms with E-state index in [1.54, 1.807) is 0 Å². The third-order valence-corrected chi connectivity index (χ3v) is 5.19. The molecule has 0 fully saturated rings. The zero-order valence-electron chi connectivity index (χ0n) is 14.9. The summed E-state index contributed by atoms with van der Waals surface area (Å²) in [6, 6.07) is 11.0. The van der Waals surface area contributed by atoms with Gasteiger partial charge < -0.3 is 0 Å². The van der Waals surface area contributed by atoms with Gasteiger partial charge in [0.1, 0.15) is 5.69 Å². The van der Waals surface area contributed by atoms with Gasteiger partial charge in [0.25, 0.3) is 6.33 Å². The summed E-state index contributed by atoms with van der Waals surface area (Å²) in [5.41, 5.74) is 5.19. The Morgan fingerprint density at radius 1 is 1.26 bits per heavy atom. The number of hydrogen-bond donors (Lipinski definition) is 0. The standard InChI is InChI=1S/C21H27N2/c1-7-15-13-23-14-22-19(20(2,3)4)12-18(23)16-10-8-9-11-17(16)21(15,5)6/h7-12,14-15H,1,13H2,2-6H3/q+1. The van der Waals surface area contributed by atoms with Crippen LogP contribution in [0.4, 0.5) is 0 Å². The Bertz CT molecular complexity index is 751. The first-order valence-corrected chi connectivity index (χ1v) is 8.37. The van der Waals surface area contributed by atoms with Gasteiger partial charge in [0.15, 0.2) is 5.69 Å². The van der Waals surface area contributed by atoms with E-state index in [1.165, 1.54) is 16.8 Å². The third kappa shape index (κ3) is 2.60. The van der Waals surface area contributed by atoms with Crippen molar-refractivity contribution in [3.63, 3.8) is 0 Å². The molecule has 2 heterocycles. The Morgan fingerprint density at radius 2 is 1.96 bits per heavy atom. The first-order valence-electron chi connectivity index (χ1n) is 8.37. The van der Waals surface area contributed by atoms with Crippen molar-refractivity contribution in [2.24, 2.45) is 5.92 Å². The minimum atomic E-state index is 0.0458. The molecule has 23 heavy (non-hydrogen) atoms. The van der Waals surface area contributed by atoms with Crippen LogP contribution in [0.15, 0.2) is 49.3 Å². The molecule has 2 heteroatoms. The summed E-state index contributed by atoms with van der Waals surface area (Å²) in [6.07, 6.45) is 4.10. The number of allylic oxidation sites excluding steroid dienone is 1. The van der Waals surface area contributed by atoms with Crippen molar-refractivity contribution in [3.05, 3.63) is 60.6 Å². The van der Waals surface area contributed by atoms with E-state index < -0.39 is 0 Å². The number of benzene rings is 1. The Kier molecular flexibility index (Phi) is 3.66. The highest BCUT2D eigenvalue weighted by atomic mass is 15.0. The molecule has 0 bridgehead atoms. The molecule has 0 N–H and O–H groups in total. The zero-order valence-corrected chi connectivity index (χ0v) is 14.9. The summed E-state index contributed by atoms with van der Waals surface area (Å²) in [5.74, 6) is 0.372. The first-order chi connectivity index (χ1) is 10.7. The van der Waals surface area contributed by atoms with Crippen molar-refractivity contribution >= 4 is 0 Å². The van der Waals surface area contributed by atoms with Crippen LogP contribution in [0.2, 0.25) is 0 Å². The van der Waals surface area contributed by atoms with Gasteiger partial charge in [-0.15, -0.1) is 6.58 Å². The van der Waals surface area contributed by atoms with E-state index in [0.29, 0.717) is 5.92 Å².